The van der Waals surface area contributed by atoms with Gasteiger partial charge in [0.1, 0.15) is 5.82 Å². The molecule has 0 radical (unpaired) electrons. The zero-order valence-corrected chi connectivity index (χ0v) is 16.0. The van der Waals surface area contributed by atoms with Crippen LogP contribution < -0.4 is 10.2 Å². The third kappa shape index (κ3) is 4.42. The molecule has 0 amide bonds. The van der Waals surface area contributed by atoms with Crippen molar-refractivity contribution in [3.63, 3.8) is 0 Å². The molecule has 30 heavy (non-hydrogen) atoms. The third-order valence-corrected chi connectivity index (χ3v) is 4.94. The zero-order valence-electron chi connectivity index (χ0n) is 16.0. The molecule has 1 fully saturated rings. The van der Waals surface area contributed by atoms with Crippen molar-refractivity contribution in [2.45, 2.75) is 12.2 Å². The smallest absolute Gasteiger partial charge is 0.395 e. The maximum Gasteiger partial charge on any atom is 0.416 e. The lowest BCUT2D eigenvalue weighted by molar-refractivity contribution is -0.137. The molecule has 1 aromatic carbocycles. The summed E-state index contributed by atoms with van der Waals surface area (Å²) in [7, 11) is 0. The predicted octanol–water partition coefficient (Wildman–Crippen LogP) is 2.99. The van der Waals surface area contributed by atoms with Gasteiger partial charge >= 0.3 is 6.18 Å². The Hall–Kier alpha value is -3.04. The van der Waals surface area contributed by atoms with E-state index in [9.17, 15) is 18.3 Å². The summed E-state index contributed by atoms with van der Waals surface area (Å²) in [5.41, 5.74) is 1.08. The van der Waals surface area contributed by atoms with E-state index in [-0.39, 0.29) is 12.6 Å². The number of hydrogen-bond donors (Lipinski definition) is 2. The van der Waals surface area contributed by atoms with Gasteiger partial charge in [0.15, 0.2) is 5.82 Å². The van der Waals surface area contributed by atoms with Crippen LogP contribution in [0.5, 0.6) is 0 Å². The van der Waals surface area contributed by atoms with Gasteiger partial charge in [-0.15, -0.1) is 0 Å². The van der Waals surface area contributed by atoms with Crippen LogP contribution in [-0.4, -0.2) is 52.3 Å². The number of alkyl halides is 3. The lowest BCUT2D eigenvalue weighted by Crippen LogP contribution is -2.52. The minimum Gasteiger partial charge on any atom is -0.395 e. The van der Waals surface area contributed by atoms with Crippen LogP contribution in [0, 0.1) is 0 Å². The number of benzene rings is 1. The van der Waals surface area contributed by atoms with Gasteiger partial charge in [-0.05, 0) is 24.3 Å². The van der Waals surface area contributed by atoms with Crippen LogP contribution in [0.3, 0.4) is 0 Å². The van der Waals surface area contributed by atoms with Crippen LogP contribution >= 0.6 is 0 Å². The summed E-state index contributed by atoms with van der Waals surface area (Å²) in [6.45, 7) is 1.94. The Morgan fingerprint density at radius 1 is 1.10 bits per heavy atom. The quantitative estimate of drug-likeness (QED) is 0.683. The minimum absolute atomic E-state index is 0.00279. The van der Waals surface area contributed by atoms with Crippen molar-refractivity contribution in [1.82, 2.24) is 20.3 Å². The fourth-order valence-electron chi connectivity index (χ4n) is 3.35. The largest absolute Gasteiger partial charge is 0.416 e. The Balaban J connectivity index is 1.76. The first kappa shape index (κ1) is 20.2. The molecule has 156 valence electrons. The molecule has 1 unspecified atom stereocenters. The van der Waals surface area contributed by atoms with E-state index in [4.69, 9.17) is 0 Å². The highest BCUT2D eigenvalue weighted by molar-refractivity contribution is 5.68. The van der Waals surface area contributed by atoms with Gasteiger partial charge in [-0.1, -0.05) is 12.1 Å². The Kier molecular flexibility index (Phi) is 5.65. The molecular formula is C21H20F3N5O. The summed E-state index contributed by atoms with van der Waals surface area (Å²) in [6.07, 6.45) is -1.10. The summed E-state index contributed by atoms with van der Waals surface area (Å²) in [4.78, 5) is 15.4. The average molecular weight is 415 g/mol. The molecule has 0 aliphatic carbocycles. The summed E-state index contributed by atoms with van der Waals surface area (Å²) < 4.78 is 38.8. The summed E-state index contributed by atoms with van der Waals surface area (Å²) in [5.74, 6) is 1.09. The molecule has 6 nitrogen and oxygen atoms in total. The molecule has 1 aliphatic heterocycles. The Bertz CT molecular complexity index is 996. The van der Waals surface area contributed by atoms with Crippen molar-refractivity contribution in [1.29, 1.82) is 0 Å². The van der Waals surface area contributed by atoms with Crippen molar-refractivity contribution >= 4 is 5.82 Å². The van der Waals surface area contributed by atoms with Gasteiger partial charge in [0.05, 0.1) is 17.9 Å². The monoisotopic (exact) mass is 415 g/mol. The molecule has 3 aromatic rings. The normalized spacial score (nSPS) is 17.2. The van der Waals surface area contributed by atoms with Crippen LogP contribution in [0.25, 0.3) is 22.6 Å². The van der Waals surface area contributed by atoms with E-state index in [0.29, 0.717) is 48.1 Å². The maximum absolute atomic E-state index is 12.9. The van der Waals surface area contributed by atoms with Crippen LogP contribution in [0.4, 0.5) is 19.0 Å². The number of aliphatic hydroxyl groups is 1. The molecule has 9 heteroatoms. The van der Waals surface area contributed by atoms with Gasteiger partial charge in [-0.25, -0.2) is 9.97 Å². The molecule has 0 spiro atoms. The highest BCUT2D eigenvalue weighted by atomic mass is 19.4. The van der Waals surface area contributed by atoms with Gasteiger partial charge < -0.3 is 15.3 Å². The third-order valence-electron chi connectivity index (χ3n) is 4.94. The SMILES string of the molecule is OCC1CN(c2cc(-c3ccc(C(F)(F)F)cc3)nc(-c3cccnc3)n2)CCN1. The van der Waals surface area contributed by atoms with Crippen molar-refractivity contribution in [2.24, 2.45) is 0 Å². The molecule has 0 bridgehead atoms. The predicted molar refractivity (Wildman–Crippen MR) is 107 cm³/mol. The number of halogens is 3. The molecule has 2 aromatic heterocycles. The van der Waals surface area contributed by atoms with Crippen LogP contribution in [-0.2, 0) is 6.18 Å². The number of nitrogens with one attached hydrogen (secondary N) is 1. The summed E-state index contributed by atoms with van der Waals surface area (Å²) in [5, 5.41) is 12.7. The number of aliphatic hydroxyl groups excluding tert-OH is 1. The van der Waals surface area contributed by atoms with Crippen LogP contribution in [0.2, 0.25) is 0 Å². The number of anilines is 1. The van der Waals surface area contributed by atoms with E-state index in [1.54, 1.807) is 24.5 Å². The lowest BCUT2D eigenvalue weighted by Gasteiger charge is -2.33. The lowest BCUT2D eigenvalue weighted by atomic mass is 10.1. The minimum atomic E-state index is -4.39. The van der Waals surface area contributed by atoms with Crippen molar-refractivity contribution in [3.05, 3.63) is 60.4 Å². The van der Waals surface area contributed by atoms with E-state index >= 15 is 0 Å². The zero-order chi connectivity index (χ0) is 21.1. The van der Waals surface area contributed by atoms with Gasteiger partial charge in [-0.2, -0.15) is 13.2 Å². The molecule has 1 atom stereocenters. The fourth-order valence-corrected chi connectivity index (χ4v) is 3.35. The highest BCUT2D eigenvalue weighted by Gasteiger charge is 2.30. The Labute approximate surface area is 171 Å². The van der Waals surface area contributed by atoms with Crippen molar-refractivity contribution in [3.8, 4) is 22.6 Å². The molecule has 4 rings (SSSR count). The second kappa shape index (κ2) is 8.37. The standard InChI is InChI=1S/C21H20F3N5O/c22-21(23,24)16-5-3-14(4-6-16)18-10-19(29-9-8-26-17(12-29)13-30)28-20(27-18)15-2-1-7-25-11-15/h1-7,10-11,17,26,30H,8-9,12-13H2. The van der Waals surface area contributed by atoms with E-state index < -0.39 is 11.7 Å². The molecule has 0 saturated carbocycles. The van der Waals surface area contributed by atoms with Crippen molar-refractivity contribution in [2.75, 3.05) is 31.1 Å². The van der Waals surface area contributed by atoms with Gasteiger partial charge in [0, 0.05) is 55.3 Å². The summed E-state index contributed by atoms with van der Waals surface area (Å²) in [6, 6.07) is 10.2. The van der Waals surface area contributed by atoms with E-state index in [1.807, 2.05) is 11.0 Å². The van der Waals surface area contributed by atoms with E-state index in [1.165, 1.54) is 12.1 Å². The highest BCUT2D eigenvalue weighted by Crippen LogP contribution is 2.32. The van der Waals surface area contributed by atoms with Gasteiger partial charge in [0.25, 0.3) is 0 Å². The first-order valence-electron chi connectivity index (χ1n) is 9.50. The molecule has 1 saturated heterocycles. The Morgan fingerprint density at radius 3 is 2.57 bits per heavy atom. The fraction of sp³-hybridized carbons (Fsp3) is 0.286. The molecule has 2 N–H and O–H groups in total. The van der Waals surface area contributed by atoms with Gasteiger partial charge in [-0.3, -0.25) is 4.98 Å². The number of rotatable bonds is 4. The number of hydrogen-bond acceptors (Lipinski definition) is 6. The second-order valence-electron chi connectivity index (χ2n) is 7.03. The topological polar surface area (TPSA) is 74.2 Å². The van der Waals surface area contributed by atoms with Crippen LogP contribution in [0.1, 0.15) is 5.56 Å². The first-order chi connectivity index (χ1) is 14.4. The van der Waals surface area contributed by atoms with E-state index in [0.717, 1.165) is 12.1 Å². The number of aromatic nitrogens is 3. The maximum atomic E-state index is 12.9. The average Bonchev–Trinajstić information content (AvgIpc) is 2.79. The summed E-state index contributed by atoms with van der Waals surface area (Å²) >= 11 is 0. The molecule has 1 aliphatic rings. The van der Waals surface area contributed by atoms with Crippen LogP contribution in [0.15, 0.2) is 54.9 Å². The molecule has 3 heterocycles. The van der Waals surface area contributed by atoms with E-state index in [2.05, 4.69) is 20.3 Å². The van der Waals surface area contributed by atoms with Crippen molar-refractivity contribution < 1.29 is 18.3 Å². The second-order valence-corrected chi connectivity index (χ2v) is 7.03. The number of nitrogens with zero attached hydrogens (tertiary/aromatic N) is 4. The Morgan fingerprint density at radius 2 is 1.90 bits per heavy atom. The number of piperazine rings is 1. The number of pyridine rings is 1. The first-order valence-corrected chi connectivity index (χ1v) is 9.50. The molecular weight excluding hydrogens is 395 g/mol. The van der Waals surface area contributed by atoms with Gasteiger partial charge in [0.2, 0.25) is 0 Å².